The van der Waals surface area contributed by atoms with E-state index >= 15 is 0 Å². The first kappa shape index (κ1) is 21.3. The molecule has 4 amide bonds. The van der Waals surface area contributed by atoms with Crippen molar-refractivity contribution >= 4 is 35.3 Å². The van der Waals surface area contributed by atoms with Crippen LogP contribution in [0.1, 0.15) is 24.0 Å². The second-order valence-corrected chi connectivity index (χ2v) is 9.31. The standard InChI is InChI=1S/C26H23N3O3S/c30-23(27-21-14-6-7-15-22(21)33-19-11-2-1-3-12-19)17-29-24(31)26(28-25(29)32)16-8-10-18-9-4-5-13-20(18)26/h1-7,9,11-15H,8,10,16-17H2,(H,27,30)(H,28,32). The van der Waals surface area contributed by atoms with Crippen molar-refractivity contribution in [3.8, 4) is 0 Å². The molecule has 3 aromatic carbocycles. The first-order valence-electron chi connectivity index (χ1n) is 10.9. The summed E-state index contributed by atoms with van der Waals surface area (Å²) in [4.78, 5) is 42.0. The van der Waals surface area contributed by atoms with Crippen LogP contribution in [0.5, 0.6) is 0 Å². The maximum atomic E-state index is 13.4. The van der Waals surface area contributed by atoms with Gasteiger partial charge in [-0.25, -0.2) is 4.79 Å². The third-order valence-corrected chi connectivity index (χ3v) is 7.17. The van der Waals surface area contributed by atoms with Crippen LogP contribution in [0.3, 0.4) is 0 Å². The van der Waals surface area contributed by atoms with Gasteiger partial charge >= 0.3 is 6.03 Å². The van der Waals surface area contributed by atoms with Gasteiger partial charge in [0.2, 0.25) is 5.91 Å². The monoisotopic (exact) mass is 457 g/mol. The molecule has 1 atom stereocenters. The summed E-state index contributed by atoms with van der Waals surface area (Å²) in [7, 11) is 0. The number of hydrogen-bond donors (Lipinski definition) is 2. The molecular weight excluding hydrogens is 434 g/mol. The molecule has 5 rings (SSSR count). The summed E-state index contributed by atoms with van der Waals surface area (Å²) in [6.45, 7) is -0.334. The SMILES string of the molecule is O=C(CN1C(=O)NC2(CCCc3ccccc32)C1=O)Nc1ccccc1Sc1ccccc1. The number of aryl methyl sites for hydroxylation is 1. The number of nitrogens with one attached hydrogen (secondary N) is 2. The Morgan fingerprint density at radius 3 is 2.55 bits per heavy atom. The summed E-state index contributed by atoms with van der Waals surface area (Å²) in [5.74, 6) is -0.775. The molecule has 7 heteroatoms. The number of nitrogens with zero attached hydrogens (tertiary/aromatic N) is 1. The number of fused-ring (bicyclic) bond motifs is 2. The minimum Gasteiger partial charge on any atom is -0.323 e. The highest BCUT2D eigenvalue weighted by atomic mass is 32.2. The predicted molar refractivity (Wildman–Crippen MR) is 127 cm³/mol. The van der Waals surface area contributed by atoms with E-state index in [1.54, 1.807) is 0 Å². The van der Waals surface area contributed by atoms with Crippen LogP contribution in [0, 0.1) is 0 Å². The molecule has 0 saturated carbocycles. The highest BCUT2D eigenvalue weighted by Gasteiger charge is 2.54. The third-order valence-electron chi connectivity index (χ3n) is 6.08. The Morgan fingerprint density at radius 1 is 0.970 bits per heavy atom. The average molecular weight is 458 g/mol. The van der Waals surface area contributed by atoms with Gasteiger partial charge in [0.1, 0.15) is 12.1 Å². The molecule has 166 valence electrons. The maximum Gasteiger partial charge on any atom is 0.325 e. The van der Waals surface area contributed by atoms with E-state index in [2.05, 4.69) is 10.6 Å². The van der Waals surface area contributed by atoms with E-state index in [1.165, 1.54) is 11.8 Å². The van der Waals surface area contributed by atoms with Crippen LogP contribution in [0.4, 0.5) is 10.5 Å². The van der Waals surface area contributed by atoms with Crippen LogP contribution in [0.2, 0.25) is 0 Å². The predicted octanol–water partition coefficient (Wildman–Crippen LogP) is 4.56. The summed E-state index contributed by atoms with van der Waals surface area (Å²) in [5, 5.41) is 5.77. The number of para-hydroxylation sites is 1. The average Bonchev–Trinajstić information content (AvgIpc) is 3.06. The molecular formula is C26H23N3O3S. The van der Waals surface area contributed by atoms with Crippen LogP contribution < -0.4 is 10.6 Å². The fraction of sp³-hybridized carbons (Fsp3) is 0.192. The topological polar surface area (TPSA) is 78.5 Å². The van der Waals surface area contributed by atoms with E-state index in [9.17, 15) is 14.4 Å². The first-order chi connectivity index (χ1) is 16.1. The smallest absolute Gasteiger partial charge is 0.323 e. The lowest BCUT2D eigenvalue weighted by Gasteiger charge is -2.33. The molecule has 1 spiro atoms. The highest BCUT2D eigenvalue weighted by Crippen LogP contribution is 2.40. The Hall–Kier alpha value is -3.58. The van der Waals surface area contributed by atoms with Crippen LogP contribution in [0.15, 0.2) is 88.7 Å². The summed E-state index contributed by atoms with van der Waals surface area (Å²) in [5.41, 5.74) is 1.46. The van der Waals surface area contributed by atoms with Gasteiger partial charge in [-0.1, -0.05) is 66.4 Å². The second kappa shape index (κ2) is 8.75. The van der Waals surface area contributed by atoms with E-state index < -0.39 is 17.5 Å². The quantitative estimate of drug-likeness (QED) is 0.551. The van der Waals surface area contributed by atoms with Gasteiger partial charge in [-0.3, -0.25) is 14.5 Å². The molecule has 33 heavy (non-hydrogen) atoms. The molecule has 3 aromatic rings. The van der Waals surface area contributed by atoms with Crippen molar-refractivity contribution < 1.29 is 14.4 Å². The third kappa shape index (κ3) is 4.00. The van der Waals surface area contributed by atoms with E-state index in [0.29, 0.717) is 12.1 Å². The van der Waals surface area contributed by atoms with Gasteiger partial charge in [-0.2, -0.15) is 0 Å². The van der Waals surface area contributed by atoms with Crippen molar-refractivity contribution in [3.63, 3.8) is 0 Å². The molecule has 0 bridgehead atoms. The number of hydrogen-bond acceptors (Lipinski definition) is 4. The van der Waals surface area contributed by atoms with Gasteiger partial charge in [-0.05, 0) is 54.7 Å². The lowest BCUT2D eigenvalue weighted by atomic mass is 9.76. The van der Waals surface area contributed by atoms with Gasteiger partial charge in [0.25, 0.3) is 5.91 Å². The fourth-order valence-electron chi connectivity index (χ4n) is 4.56. The zero-order valence-electron chi connectivity index (χ0n) is 17.9. The Labute approximate surface area is 196 Å². The van der Waals surface area contributed by atoms with E-state index in [0.717, 1.165) is 38.7 Å². The molecule has 1 aliphatic carbocycles. The molecule has 6 nitrogen and oxygen atoms in total. The van der Waals surface area contributed by atoms with Gasteiger partial charge in [0.05, 0.1) is 5.69 Å². The Kier molecular flexibility index (Phi) is 5.64. The first-order valence-corrected chi connectivity index (χ1v) is 11.7. The molecule has 2 N–H and O–H groups in total. The zero-order valence-corrected chi connectivity index (χ0v) is 18.7. The molecule has 1 heterocycles. The number of rotatable bonds is 5. The van der Waals surface area contributed by atoms with Gasteiger partial charge < -0.3 is 10.6 Å². The van der Waals surface area contributed by atoms with Gasteiger partial charge in [-0.15, -0.1) is 0 Å². The van der Waals surface area contributed by atoms with Crippen LogP contribution in [0.25, 0.3) is 0 Å². The van der Waals surface area contributed by atoms with Gasteiger partial charge in [0, 0.05) is 9.79 Å². The molecule has 0 radical (unpaired) electrons. The molecule has 1 unspecified atom stereocenters. The van der Waals surface area contributed by atoms with Crippen molar-refractivity contribution in [1.82, 2.24) is 10.2 Å². The number of anilines is 1. The highest BCUT2D eigenvalue weighted by molar-refractivity contribution is 7.99. The number of urea groups is 1. The van der Waals surface area contributed by atoms with E-state index in [4.69, 9.17) is 0 Å². The van der Waals surface area contributed by atoms with Crippen LogP contribution in [-0.2, 0) is 21.5 Å². The van der Waals surface area contributed by atoms with Crippen LogP contribution >= 0.6 is 11.8 Å². The van der Waals surface area contributed by atoms with Gasteiger partial charge in [0.15, 0.2) is 0 Å². The number of carbonyl (C=O) groups is 3. The second-order valence-electron chi connectivity index (χ2n) is 8.20. The molecule has 2 aliphatic rings. The number of carbonyl (C=O) groups excluding carboxylic acids is 3. The van der Waals surface area contributed by atoms with Crippen LogP contribution in [-0.4, -0.2) is 29.3 Å². The van der Waals surface area contributed by atoms with Crippen molar-refractivity contribution in [2.24, 2.45) is 0 Å². The minimum atomic E-state index is -1.08. The maximum absolute atomic E-state index is 13.4. The lowest BCUT2D eigenvalue weighted by Crippen LogP contribution is -2.47. The van der Waals surface area contributed by atoms with Crippen molar-refractivity contribution in [2.45, 2.75) is 34.6 Å². The number of imide groups is 1. The summed E-state index contributed by atoms with van der Waals surface area (Å²) in [6.07, 6.45) is 2.20. The zero-order chi connectivity index (χ0) is 22.8. The van der Waals surface area contributed by atoms with Crippen molar-refractivity contribution in [1.29, 1.82) is 0 Å². The Balaban J connectivity index is 1.33. The summed E-state index contributed by atoms with van der Waals surface area (Å²) in [6, 6.07) is 24.5. The summed E-state index contributed by atoms with van der Waals surface area (Å²) >= 11 is 1.54. The van der Waals surface area contributed by atoms with Crippen molar-refractivity contribution in [3.05, 3.63) is 90.0 Å². The lowest BCUT2D eigenvalue weighted by molar-refractivity contribution is -0.134. The fourth-order valence-corrected chi connectivity index (χ4v) is 5.49. The Bertz CT molecular complexity index is 1230. The van der Waals surface area contributed by atoms with Crippen molar-refractivity contribution in [2.75, 3.05) is 11.9 Å². The molecule has 1 saturated heterocycles. The van der Waals surface area contributed by atoms with E-state index in [-0.39, 0.29) is 12.5 Å². The molecule has 0 aromatic heterocycles. The normalized spacial score (nSPS) is 19.3. The summed E-state index contributed by atoms with van der Waals surface area (Å²) < 4.78 is 0. The Morgan fingerprint density at radius 2 is 1.70 bits per heavy atom. The number of amides is 4. The molecule has 1 aliphatic heterocycles. The minimum absolute atomic E-state index is 0.334. The number of benzene rings is 3. The largest absolute Gasteiger partial charge is 0.325 e. The van der Waals surface area contributed by atoms with E-state index in [1.807, 2.05) is 78.9 Å². The molecule has 1 fully saturated rings.